The molecular formula is C20H27Cl3N2O2. The quantitative estimate of drug-likeness (QED) is 0.683. The average molecular weight is 434 g/mol. The molecule has 0 unspecified atom stereocenters. The number of anilines is 1. The van der Waals surface area contributed by atoms with E-state index >= 15 is 0 Å². The van der Waals surface area contributed by atoms with Crippen LogP contribution in [0.1, 0.15) is 45.4 Å². The summed E-state index contributed by atoms with van der Waals surface area (Å²) in [5, 5.41) is 14.5. The van der Waals surface area contributed by atoms with Gasteiger partial charge in [-0.25, -0.2) is 0 Å². The molecule has 1 amide bonds. The molecule has 1 saturated heterocycles. The molecule has 1 saturated carbocycles. The number of nitrogens with zero attached hydrogens (tertiary/aromatic N) is 1. The van der Waals surface area contributed by atoms with Gasteiger partial charge in [-0.3, -0.25) is 9.69 Å². The molecule has 0 bridgehead atoms. The maximum absolute atomic E-state index is 12.7. The lowest BCUT2D eigenvalue weighted by molar-refractivity contribution is -0.119. The van der Waals surface area contributed by atoms with Crippen molar-refractivity contribution < 1.29 is 9.90 Å². The second-order valence-corrected chi connectivity index (χ2v) is 9.23. The minimum Gasteiger partial charge on any atom is -0.393 e. The third-order valence-corrected chi connectivity index (χ3v) is 6.71. The van der Waals surface area contributed by atoms with Gasteiger partial charge in [-0.2, -0.15) is 0 Å². The summed E-state index contributed by atoms with van der Waals surface area (Å²) in [4.78, 5) is 14.9. The molecular weight excluding hydrogens is 407 g/mol. The first-order chi connectivity index (χ1) is 12.8. The lowest BCUT2D eigenvalue weighted by atomic mass is 9.74. The number of carbonyl (C=O) groups excluding carboxylic acids is 1. The SMILES string of the molecule is C[C@@H]1CC[C@H](O)[C@@H]([C@H]2CCCCN2CC(=O)Nc2c(Cl)cc(Cl)cc2Cl)C1. The molecule has 1 heterocycles. The summed E-state index contributed by atoms with van der Waals surface area (Å²) < 4.78 is 0. The van der Waals surface area contributed by atoms with Crippen molar-refractivity contribution in [2.24, 2.45) is 11.8 Å². The van der Waals surface area contributed by atoms with Crippen molar-refractivity contribution in [1.29, 1.82) is 0 Å². The number of carbonyl (C=O) groups is 1. The molecule has 2 N–H and O–H groups in total. The molecule has 0 spiro atoms. The Kier molecular flexibility index (Phi) is 7.32. The van der Waals surface area contributed by atoms with Gasteiger partial charge in [-0.15, -0.1) is 0 Å². The summed E-state index contributed by atoms with van der Waals surface area (Å²) in [6.45, 7) is 3.40. The number of hydrogen-bond donors (Lipinski definition) is 2. The summed E-state index contributed by atoms with van der Waals surface area (Å²) in [6, 6.07) is 3.38. The molecule has 1 aromatic rings. The maximum atomic E-state index is 12.7. The highest BCUT2D eigenvalue weighted by molar-refractivity contribution is 6.42. The van der Waals surface area contributed by atoms with Gasteiger partial charge in [-0.1, -0.05) is 48.1 Å². The van der Waals surface area contributed by atoms with Gasteiger partial charge >= 0.3 is 0 Å². The number of amides is 1. The molecule has 3 rings (SSSR count). The Bertz CT molecular complexity index is 662. The van der Waals surface area contributed by atoms with Crippen LogP contribution in [0.4, 0.5) is 5.69 Å². The monoisotopic (exact) mass is 432 g/mol. The minimum atomic E-state index is -0.269. The number of rotatable bonds is 4. The fourth-order valence-electron chi connectivity index (χ4n) is 4.55. The van der Waals surface area contributed by atoms with Crippen LogP contribution in [0.15, 0.2) is 12.1 Å². The van der Waals surface area contributed by atoms with E-state index in [0.29, 0.717) is 26.7 Å². The predicted octanol–water partition coefficient (Wildman–Crippen LogP) is 5.24. The Morgan fingerprint density at radius 1 is 1.19 bits per heavy atom. The minimum absolute atomic E-state index is 0.147. The molecule has 1 aliphatic heterocycles. The van der Waals surface area contributed by atoms with Gasteiger partial charge < -0.3 is 10.4 Å². The van der Waals surface area contributed by atoms with E-state index in [1.54, 1.807) is 12.1 Å². The van der Waals surface area contributed by atoms with Crippen LogP contribution < -0.4 is 5.32 Å². The number of piperidine rings is 1. The van der Waals surface area contributed by atoms with Crippen LogP contribution in [-0.2, 0) is 4.79 Å². The molecule has 2 fully saturated rings. The zero-order valence-corrected chi connectivity index (χ0v) is 17.8. The summed E-state index contributed by atoms with van der Waals surface area (Å²) >= 11 is 18.3. The van der Waals surface area contributed by atoms with E-state index in [1.165, 1.54) is 0 Å². The molecule has 4 nitrogen and oxygen atoms in total. The lowest BCUT2D eigenvalue weighted by Crippen LogP contribution is -2.51. The highest BCUT2D eigenvalue weighted by Gasteiger charge is 2.38. The number of benzene rings is 1. The largest absolute Gasteiger partial charge is 0.393 e. The van der Waals surface area contributed by atoms with Crippen LogP contribution in [0.5, 0.6) is 0 Å². The third kappa shape index (κ3) is 5.30. The van der Waals surface area contributed by atoms with Crippen LogP contribution in [0.3, 0.4) is 0 Å². The van der Waals surface area contributed by atoms with E-state index in [-0.39, 0.29) is 30.5 Å². The molecule has 0 radical (unpaired) electrons. The van der Waals surface area contributed by atoms with Gasteiger partial charge in [0.05, 0.1) is 28.4 Å². The van der Waals surface area contributed by atoms with Gasteiger partial charge in [0, 0.05) is 17.0 Å². The maximum Gasteiger partial charge on any atom is 0.238 e. The second-order valence-electron chi connectivity index (χ2n) is 7.98. The lowest BCUT2D eigenvalue weighted by Gasteiger charge is -2.44. The molecule has 4 atom stereocenters. The first-order valence-corrected chi connectivity index (χ1v) is 10.8. The summed E-state index contributed by atoms with van der Waals surface area (Å²) in [6.07, 6.45) is 5.95. The van der Waals surface area contributed by atoms with Gasteiger partial charge in [0.15, 0.2) is 0 Å². The summed E-state index contributed by atoms with van der Waals surface area (Å²) in [5.74, 6) is 0.721. The van der Waals surface area contributed by atoms with Crippen molar-refractivity contribution in [3.63, 3.8) is 0 Å². The van der Waals surface area contributed by atoms with E-state index in [9.17, 15) is 9.90 Å². The molecule has 7 heteroatoms. The van der Waals surface area contributed by atoms with Crippen molar-refractivity contribution >= 4 is 46.4 Å². The summed E-state index contributed by atoms with van der Waals surface area (Å²) in [5.41, 5.74) is 0.396. The normalized spacial score (nSPS) is 29.5. The Labute approximate surface area is 176 Å². The number of halogens is 3. The Morgan fingerprint density at radius 3 is 2.59 bits per heavy atom. The van der Waals surface area contributed by atoms with E-state index in [2.05, 4.69) is 17.1 Å². The standard InChI is InChI=1S/C20H27Cl3N2O2/c1-12-5-6-18(26)14(8-12)17-4-2-3-7-25(17)11-19(27)24-20-15(22)9-13(21)10-16(20)23/h9-10,12,14,17-18,26H,2-8,11H2,1H3,(H,24,27)/t12-,14-,17-,18+/m1/s1. The number of likely N-dealkylation sites (tertiary alicyclic amines) is 1. The molecule has 1 aliphatic carbocycles. The Morgan fingerprint density at radius 2 is 1.89 bits per heavy atom. The third-order valence-electron chi connectivity index (χ3n) is 5.90. The number of aliphatic hydroxyl groups excluding tert-OH is 1. The highest BCUT2D eigenvalue weighted by atomic mass is 35.5. The smallest absolute Gasteiger partial charge is 0.238 e. The van der Waals surface area contributed by atoms with Crippen molar-refractivity contribution in [2.75, 3.05) is 18.4 Å². The van der Waals surface area contributed by atoms with Crippen molar-refractivity contribution in [2.45, 2.75) is 57.6 Å². The number of nitrogens with one attached hydrogen (secondary N) is 1. The van der Waals surface area contributed by atoms with Crippen LogP contribution in [0, 0.1) is 11.8 Å². The molecule has 150 valence electrons. The zero-order chi connectivity index (χ0) is 19.6. The van der Waals surface area contributed by atoms with Crippen LogP contribution in [-0.4, -0.2) is 41.1 Å². The van der Waals surface area contributed by atoms with Crippen LogP contribution in [0.2, 0.25) is 15.1 Å². The van der Waals surface area contributed by atoms with E-state index < -0.39 is 0 Å². The van der Waals surface area contributed by atoms with E-state index in [4.69, 9.17) is 34.8 Å². The first-order valence-electron chi connectivity index (χ1n) is 9.71. The Hall–Kier alpha value is -0.520. The molecule has 1 aromatic carbocycles. The van der Waals surface area contributed by atoms with Crippen LogP contribution >= 0.6 is 34.8 Å². The van der Waals surface area contributed by atoms with Gasteiger partial charge in [0.2, 0.25) is 5.91 Å². The molecule has 0 aromatic heterocycles. The number of aliphatic hydroxyl groups is 1. The summed E-state index contributed by atoms with van der Waals surface area (Å²) in [7, 11) is 0. The van der Waals surface area contributed by atoms with Crippen molar-refractivity contribution in [3.8, 4) is 0 Å². The number of hydrogen-bond acceptors (Lipinski definition) is 3. The molecule has 2 aliphatic rings. The van der Waals surface area contributed by atoms with Gasteiger partial charge in [0.1, 0.15) is 0 Å². The first kappa shape index (κ1) is 21.2. The van der Waals surface area contributed by atoms with Gasteiger partial charge in [0.25, 0.3) is 0 Å². The van der Waals surface area contributed by atoms with Crippen molar-refractivity contribution in [3.05, 3.63) is 27.2 Å². The van der Waals surface area contributed by atoms with Crippen LogP contribution in [0.25, 0.3) is 0 Å². The zero-order valence-electron chi connectivity index (χ0n) is 15.6. The van der Waals surface area contributed by atoms with E-state index in [0.717, 1.165) is 45.1 Å². The average Bonchev–Trinajstić information content (AvgIpc) is 2.61. The van der Waals surface area contributed by atoms with Crippen molar-refractivity contribution in [1.82, 2.24) is 4.90 Å². The predicted molar refractivity (Wildman–Crippen MR) is 112 cm³/mol. The Balaban J connectivity index is 1.68. The second kappa shape index (κ2) is 9.32. The van der Waals surface area contributed by atoms with E-state index in [1.807, 2.05) is 0 Å². The topological polar surface area (TPSA) is 52.6 Å². The highest BCUT2D eigenvalue weighted by Crippen LogP contribution is 2.37. The van der Waals surface area contributed by atoms with Gasteiger partial charge in [-0.05, 0) is 56.7 Å². The fraction of sp³-hybridized carbons (Fsp3) is 0.650. The molecule has 27 heavy (non-hydrogen) atoms. The fourth-order valence-corrected chi connectivity index (χ4v) is 5.46.